The Labute approximate surface area is 202 Å². The van der Waals surface area contributed by atoms with Crippen LogP contribution in [-0.4, -0.2) is 74.0 Å². The summed E-state index contributed by atoms with van der Waals surface area (Å²) in [4.78, 5) is 58.9. The number of ether oxygens (including phenoxy) is 6. The Bertz CT molecular complexity index is 976. The molecule has 2 rings (SSSR count). The molecule has 12 nitrogen and oxygen atoms in total. The van der Waals surface area contributed by atoms with E-state index in [2.05, 4.69) is 5.32 Å². The van der Waals surface area contributed by atoms with Crippen LogP contribution >= 0.6 is 0 Å². The van der Waals surface area contributed by atoms with E-state index in [1.165, 1.54) is 46.1 Å². The highest BCUT2D eigenvalue weighted by molar-refractivity contribution is 5.94. The van der Waals surface area contributed by atoms with Gasteiger partial charge in [-0.1, -0.05) is 0 Å². The fourth-order valence-corrected chi connectivity index (χ4v) is 3.50. The minimum absolute atomic E-state index is 0.150. The number of carbonyl (C=O) groups excluding carboxylic acids is 5. The zero-order valence-electron chi connectivity index (χ0n) is 20.3. The second-order valence-electron chi connectivity index (χ2n) is 7.76. The normalized spacial score (nSPS) is 23.4. The number of nitrogens with one attached hydrogen (secondary N) is 1. The number of carbonyl (C=O) groups is 5. The Kier molecular flexibility index (Phi) is 9.58. The van der Waals surface area contributed by atoms with Crippen molar-refractivity contribution < 1.29 is 52.4 Å². The van der Waals surface area contributed by atoms with Gasteiger partial charge >= 0.3 is 17.9 Å². The van der Waals surface area contributed by atoms with E-state index in [1.807, 2.05) is 0 Å². The van der Waals surface area contributed by atoms with Crippen molar-refractivity contribution in [1.29, 1.82) is 0 Å². The molecule has 5 atom stereocenters. The molecular formula is C23H29NO11. The van der Waals surface area contributed by atoms with Gasteiger partial charge < -0.3 is 33.7 Å². The fraction of sp³-hybridized carbons (Fsp3) is 0.522. The first-order valence-electron chi connectivity index (χ1n) is 10.7. The van der Waals surface area contributed by atoms with Crippen molar-refractivity contribution in [2.75, 3.05) is 13.7 Å². The minimum atomic E-state index is -1.31. The van der Waals surface area contributed by atoms with E-state index in [0.29, 0.717) is 5.56 Å². The molecule has 0 unspecified atom stereocenters. The average Bonchev–Trinajstić information content (AvgIpc) is 2.75. The van der Waals surface area contributed by atoms with Crippen molar-refractivity contribution in [2.45, 2.75) is 65.3 Å². The zero-order chi connectivity index (χ0) is 26.3. The molecule has 0 radical (unpaired) electrons. The molecule has 35 heavy (non-hydrogen) atoms. The van der Waals surface area contributed by atoms with Crippen LogP contribution in [0.4, 0.5) is 0 Å². The summed E-state index contributed by atoms with van der Waals surface area (Å²) in [6.07, 6.45) is -4.94. The van der Waals surface area contributed by atoms with Crippen molar-refractivity contribution in [3.63, 3.8) is 0 Å². The monoisotopic (exact) mass is 495 g/mol. The summed E-state index contributed by atoms with van der Waals surface area (Å²) < 4.78 is 33.1. The number of esters is 3. The van der Waals surface area contributed by atoms with Crippen molar-refractivity contribution in [3.8, 4) is 11.5 Å². The Morgan fingerprint density at radius 1 is 0.886 bits per heavy atom. The lowest BCUT2D eigenvalue weighted by Crippen LogP contribution is -2.67. The predicted octanol–water partition coefficient (Wildman–Crippen LogP) is 0.933. The molecule has 1 N–H and O–H groups in total. The third-order valence-electron chi connectivity index (χ3n) is 4.88. The van der Waals surface area contributed by atoms with E-state index in [-0.39, 0.29) is 23.9 Å². The molecule has 0 saturated carbocycles. The number of amides is 1. The summed E-state index contributed by atoms with van der Waals surface area (Å²) in [7, 11) is 1.38. The summed E-state index contributed by atoms with van der Waals surface area (Å²) >= 11 is 0. The van der Waals surface area contributed by atoms with Gasteiger partial charge in [0, 0.05) is 33.3 Å². The van der Waals surface area contributed by atoms with Gasteiger partial charge in [-0.05, 0) is 25.1 Å². The topological polar surface area (TPSA) is 153 Å². The van der Waals surface area contributed by atoms with Gasteiger partial charge in [-0.15, -0.1) is 0 Å². The molecule has 1 saturated heterocycles. The van der Waals surface area contributed by atoms with Crippen LogP contribution in [0.15, 0.2) is 18.2 Å². The highest BCUT2D eigenvalue weighted by Gasteiger charge is 2.52. The lowest BCUT2D eigenvalue weighted by Gasteiger charge is -2.44. The molecule has 0 aliphatic carbocycles. The van der Waals surface area contributed by atoms with Gasteiger partial charge in [-0.25, -0.2) is 0 Å². The average molecular weight is 495 g/mol. The molecule has 1 aromatic rings. The van der Waals surface area contributed by atoms with Crippen LogP contribution in [0.25, 0.3) is 0 Å². The van der Waals surface area contributed by atoms with E-state index in [4.69, 9.17) is 28.4 Å². The Morgan fingerprint density at radius 3 is 2.03 bits per heavy atom. The second-order valence-corrected chi connectivity index (χ2v) is 7.76. The molecule has 1 aliphatic heterocycles. The summed E-state index contributed by atoms with van der Waals surface area (Å²) in [6, 6.07) is 3.31. The minimum Gasteiger partial charge on any atom is -0.493 e. The summed E-state index contributed by atoms with van der Waals surface area (Å²) in [5.74, 6) is -2.42. The van der Waals surface area contributed by atoms with Crippen LogP contribution in [-0.2, 0) is 38.1 Å². The van der Waals surface area contributed by atoms with Crippen molar-refractivity contribution in [3.05, 3.63) is 23.8 Å². The van der Waals surface area contributed by atoms with Gasteiger partial charge in [0.2, 0.25) is 12.2 Å². The molecule has 192 valence electrons. The quantitative estimate of drug-likeness (QED) is 0.296. The summed E-state index contributed by atoms with van der Waals surface area (Å²) in [6.45, 7) is 5.73. The first-order valence-corrected chi connectivity index (χ1v) is 10.7. The first-order chi connectivity index (χ1) is 16.4. The molecule has 12 heteroatoms. The van der Waals surface area contributed by atoms with E-state index in [1.54, 1.807) is 0 Å². The number of hydrogen-bond donors (Lipinski definition) is 1. The van der Waals surface area contributed by atoms with E-state index >= 15 is 0 Å². The fourth-order valence-electron chi connectivity index (χ4n) is 3.50. The van der Waals surface area contributed by atoms with Crippen LogP contribution in [0.5, 0.6) is 11.5 Å². The van der Waals surface area contributed by atoms with Gasteiger partial charge in [-0.2, -0.15) is 0 Å². The van der Waals surface area contributed by atoms with Crippen molar-refractivity contribution in [2.24, 2.45) is 0 Å². The van der Waals surface area contributed by atoms with Crippen LogP contribution in [0.1, 0.15) is 45.0 Å². The van der Waals surface area contributed by atoms with Crippen LogP contribution in [0, 0.1) is 0 Å². The molecular weight excluding hydrogens is 466 g/mol. The molecule has 0 bridgehead atoms. The largest absolute Gasteiger partial charge is 0.493 e. The summed E-state index contributed by atoms with van der Waals surface area (Å²) in [5.41, 5.74) is 0.373. The van der Waals surface area contributed by atoms with Gasteiger partial charge in [0.15, 0.2) is 29.5 Å². The first kappa shape index (κ1) is 27.6. The maximum Gasteiger partial charge on any atom is 0.303 e. The van der Waals surface area contributed by atoms with Crippen LogP contribution < -0.4 is 14.8 Å². The van der Waals surface area contributed by atoms with Crippen LogP contribution in [0.3, 0.4) is 0 Å². The highest BCUT2D eigenvalue weighted by atomic mass is 16.7. The third kappa shape index (κ3) is 7.67. The molecule has 1 fully saturated rings. The molecule has 1 aliphatic rings. The number of ketones is 1. The number of rotatable bonds is 9. The Hall–Kier alpha value is -3.67. The third-order valence-corrected chi connectivity index (χ3v) is 4.88. The number of benzene rings is 1. The second kappa shape index (κ2) is 12.2. The van der Waals surface area contributed by atoms with Gasteiger partial charge in [0.25, 0.3) is 0 Å². The molecule has 0 aromatic heterocycles. The highest BCUT2D eigenvalue weighted by Crippen LogP contribution is 2.33. The Balaban J connectivity index is 2.52. The number of hydrogen-bond acceptors (Lipinski definition) is 11. The van der Waals surface area contributed by atoms with Crippen LogP contribution in [0.2, 0.25) is 0 Å². The maximum absolute atomic E-state index is 12.0. The standard InChI is InChI=1S/C23H29NO11/c1-11(25)16-7-8-17(18(9-16)30-6)34-23-20(24-12(2)26)22(33-15(5)29)21(32-14(4)28)19(35-23)10-31-13(3)27/h7-9,19-23H,10H2,1-6H3,(H,24,26)/t19-,20-,21+,22-,23-/m1/s1. The molecule has 1 amide bonds. The van der Waals surface area contributed by atoms with Crippen molar-refractivity contribution in [1.82, 2.24) is 5.32 Å². The van der Waals surface area contributed by atoms with Crippen molar-refractivity contribution >= 4 is 29.6 Å². The molecule has 1 heterocycles. The lowest BCUT2D eigenvalue weighted by molar-refractivity contribution is -0.257. The van der Waals surface area contributed by atoms with E-state index in [0.717, 1.165) is 13.8 Å². The molecule has 0 spiro atoms. The summed E-state index contributed by atoms with van der Waals surface area (Å²) in [5, 5.41) is 2.60. The number of Topliss-reactive ketones (excluding diaryl/α,β-unsaturated/α-hetero) is 1. The van der Waals surface area contributed by atoms with Gasteiger partial charge in [-0.3, -0.25) is 24.0 Å². The predicted molar refractivity (Wildman–Crippen MR) is 118 cm³/mol. The van der Waals surface area contributed by atoms with Gasteiger partial charge in [0.1, 0.15) is 18.8 Å². The SMILES string of the molecule is COc1cc(C(C)=O)ccc1O[C@@H]1O[C@H](COC(C)=O)[C@H](OC(C)=O)[C@H](OC(C)=O)[C@H]1NC(C)=O. The smallest absolute Gasteiger partial charge is 0.303 e. The van der Waals surface area contributed by atoms with E-state index < -0.39 is 54.5 Å². The molecule has 1 aromatic carbocycles. The zero-order valence-corrected chi connectivity index (χ0v) is 20.3. The Morgan fingerprint density at radius 2 is 1.51 bits per heavy atom. The maximum atomic E-state index is 12.0. The van der Waals surface area contributed by atoms with Gasteiger partial charge in [0.05, 0.1) is 7.11 Å². The number of methoxy groups -OCH3 is 1. The lowest BCUT2D eigenvalue weighted by atomic mass is 9.96. The van der Waals surface area contributed by atoms with E-state index in [9.17, 15) is 24.0 Å².